The third-order valence-corrected chi connectivity index (χ3v) is 8.54. The highest BCUT2D eigenvalue weighted by atomic mass is 32.2. The van der Waals surface area contributed by atoms with E-state index in [1.54, 1.807) is 0 Å². The number of nitrogens with one attached hydrogen (secondary N) is 1. The van der Waals surface area contributed by atoms with Gasteiger partial charge in [-0.3, -0.25) is 4.90 Å². The van der Waals surface area contributed by atoms with Gasteiger partial charge in [0.15, 0.2) is 0 Å². The fourth-order valence-electron chi connectivity index (χ4n) is 4.97. The maximum atomic E-state index is 12.4. The maximum absolute atomic E-state index is 12.4. The average Bonchev–Trinajstić information content (AvgIpc) is 3.12. The molecule has 33 heavy (non-hydrogen) atoms. The maximum Gasteiger partial charge on any atom is 0.150 e. The summed E-state index contributed by atoms with van der Waals surface area (Å²) in [5, 5.41) is 3.42. The fourth-order valence-corrected chi connectivity index (χ4v) is 6.43. The van der Waals surface area contributed by atoms with Gasteiger partial charge in [-0.15, -0.1) is 0 Å². The van der Waals surface area contributed by atoms with E-state index in [2.05, 4.69) is 47.8 Å². The number of hydrogen-bond acceptors (Lipinski definition) is 5. The zero-order valence-electron chi connectivity index (χ0n) is 20.0. The molecule has 0 aromatic rings. The average molecular weight is 476 g/mol. The number of nitrogens with zero attached hydrogens (tertiary/aromatic N) is 2. The van der Waals surface area contributed by atoms with Gasteiger partial charge in [-0.05, 0) is 48.6 Å². The van der Waals surface area contributed by atoms with Crippen molar-refractivity contribution in [2.75, 3.05) is 44.7 Å². The second-order valence-corrected chi connectivity index (χ2v) is 11.5. The van der Waals surface area contributed by atoms with Crippen molar-refractivity contribution in [2.45, 2.75) is 45.1 Å². The Balaban J connectivity index is 1.68. The molecule has 0 unspecified atom stereocenters. The smallest absolute Gasteiger partial charge is 0.150 e. The largest absolute Gasteiger partial charge is 0.381 e. The summed E-state index contributed by atoms with van der Waals surface area (Å²) in [7, 11) is -0.694. The van der Waals surface area contributed by atoms with Crippen LogP contribution in [0.3, 0.4) is 0 Å². The van der Waals surface area contributed by atoms with Crippen molar-refractivity contribution in [1.29, 1.82) is 0 Å². The van der Waals surface area contributed by atoms with Crippen LogP contribution in [0.25, 0.3) is 0 Å². The quantitative estimate of drug-likeness (QED) is 0.505. The van der Waals surface area contributed by atoms with E-state index >= 15 is 0 Å². The summed E-state index contributed by atoms with van der Waals surface area (Å²) in [5.74, 6) is 0.630. The summed E-state index contributed by atoms with van der Waals surface area (Å²) in [5.41, 5.74) is 6.20. The van der Waals surface area contributed by atoms with Gasteiger partial charge >= 0.3 is 0 Å². The molecule has 0 spiro atoms. The predicted octanol–water partition coefficient (Wildman–Crippen LogP) is 4.26. The zero-order valence-corrected chi connectivity index (χ0v) is 20.8. The van der Waals surface area contributed by atoms with E-state index in [0.717, 1.165) is 63.0 Å². The Bertz CT molecular complexity index is 961. The molecule has 182 valence electrons. The second kappa shape index (κ2) is 11.8. The first-order valence-corrected chi connectivity index (χ1v) is 13.8. The number of sulfone groups is 1. The molecule has 5 nitrogen and oxygen atoms in total. The summed E-state index contributed by atoms with van der Waals surface area (Å²) < 4.78 is 36.0. The van der Waals surface area contributed by atoms with E-state index in [1.807, 2.05) is 12.2 Å². The van der Waals surface area contributed by atoms with Gasteiger partial charge in [0.1, 0.15) is 9.84 Å². The molecular formula is C26H38FN3O2S. The molecule has 0 radical (unpaired) electrons. The molecule has 0 aromatic carbocycles. The molecule has 3 aliphatic rings. The molecule has 1 N–H and O–H groups in total. The first kappa shape index (κ1) is 25.5. The highest BCUT2D eigenvalue weighted by Crippen LogP contribution is 2.35. The normalized spacial score (nSPS) is 24.1. The van der Waals surface area contributed by atoms with Gasteiger partial charge in [0.2, 0.25) is 0 Å². The highest BCUT2D eigenvalue weighted by molar-refractivity contribution is 7.91. The van der Waals surface area contributed by atoms with Crippen LogP contribution in [0, 0.1) is 0 Å². The topological polar surface area (TPSA) is 52.7 Å². The Morgan fingerprint density at radius 3 is 2.67 bits per heavy atom. The number of hydrogen-bond donors (Lipinski definition) is 1. The summed E-state index contributed by atoms with van der Waals surface area (Å²) in [6.07, 6.45) is 14.3. The third kappa shape index (κ3) is 6.93. The summed E-state index contributed by atoms with van der Waals surface area (Å²) >= 11 is 0. The van der Waals surface area contributed by atoms with Crippen molar-refractivity contribution in [1.82, 2.24) is 15.1 Å². The Kier molecular flexibility index (Phi) is 9.15. The van der Waals surface area contributed by atoms with Crippen molar-refractivity contribution in [3.63, 3.8) is 0 Å². The molecule has 1 saturated heterocycles. The summed E-state index contributed by atoms with van der Waals surface area (Å²) in [4.78, 5) is 4.82. The summed E-state index contributed by atoms with van der Waals surface area (Å²) in [6.45, 7) is 9.49. The highest BCUT2D eigenvalue weighted by Gasteiger charge is 2.34. The first-order valence-electron chi connectivity index (χ1n) is 12.0. The molecule has 0 atom stereocenters. The van der Waals surface area contributed by atoms with E-state index in [1.165, 1.54) is 22.9 Å². The van der Waals surface area contributed by atoms with Gasteiger partial charge in [-0.2, -0.15) is 0 Å². The molecule has 7 heteroatoms. The molecule has 0 aromatic heterocycles. The predicted molar refractivity (Wildman–Crippen MR) is 135 cm³/mol. The van der Waals surface area contributed by atoms with E-state index in [-0.39, 0.29) is 0 Å². The van der Waals surface area contributed by atoms with Crippen LogP contribution in [-0.2, 0) is 9.84 Å². The third-order valence-electron chi connectivity index (χ3n) is 6.82. The molecule has 3 aliphatic heterocycles. The minimum absolute atomic E-state index is 0.315. The Labute approximate surface area is 199 Å². The van der Waals surface area contributed by atoms with Crippen LogP contribution in [0.15, 0.2) is 71.4 Å². The van der Waals surface area contributed by atoms with Gasteiger partial charge in [0, 0.05) is 57.1 Å². The molecule has 0 bridgehead atoms. The number of halogens is 1. The van der Waals surface area contributed by atoms with Crippen LogP contribution < -0.4 is 5.32 Å². The first-order chi connectivity index (χ1) is 15.9. The van der Waals surface area contributed by atoms with E-state index in [9.17, 15) is 12.8 Å². The summed E-state index contributed by atoms with van der Waals surface area (Å²) in [6, 6.07) is 0.359. The van der Waals surface area contributed by atoms with Gasteiger partial charge in [-0.25, -0.2) is 12.8 Å². The molecule has 0 amide bonds. The second-order valence-electron chi connectivity index (χ2n) is 9.15. The fraction of sp³-hybridized carbons (Fsp3) is 0.538. The van der Waals surface area contributed by atoms with Crippen molar-refractivity contribution >= 4 is 9.84 Å². The van der Waals surface area contributed by atoms with E-state index < -0.39 is 9.84 Å². The molecule has 0 saturated carbocycles. The van der Waals surface area contributed by atoms with Gasteiger partial charge in [0.05, 0.1) is 17.8 Å². The van der Waals surface area contributed by atoms with Crippen LogP contribution in [0.1, 0.15) is 39.0 Å². The van der Waals surface area contributed by atoms with Crippen LogP contribution >= 0.6 is 0 Å². The van der Waals surface area contributed by atoms with Gasteiger partial charge < -0.3 is 10.2 Å². The molecule has 0 aliphatic carbocycles. The van der Waals surface area contributed by atoms with E-state index in [4.69, 9.17) is 0 Å². The standard InChI is InChI=1S/C26H38FN3O2S/c1-4-7-21(8-6-14-27)18-28-23(5-2)10-9-22-19-29(3)26-11-15-30(20-25(22)26)24-12-16-33(31,32)17-13-24/h5-6,8-10,14,24,28H,2,4,7,11-13,15-20H2,1,3H3/b14-6+,21-8+,22-9+,23-10+. The molecular weight excluding hydrogens is 437 g/mol. The number of rotatable bonds is 9. The Morgan fingerprint density at radius 1 is 1.24 bits per heavy atom. The number of likely N-dealkylation sites (N-methyl/N-ethyl adjacent to an activating group) is 1. The van der Waals surface area contributed by atoms with Crippen molar-refractivity contribution in [2.24, 2.45) is 0 Å². The molecule has 1 fully saturated rings. The van der Waals surface area contributed by atoms with Crippen molar-refractivity contribution in [3.05, 3.63) is 71.4 Å². The lowest BCUT2D eigenvalue weighted by molar-refractivity contribution is 0.188. The van der Waals surface area contributed by atoms with Crippen LogP contribution in [0.4, 0.5) is 4.39 Å². The van der Waals surface area contributed by atoms with Crippen LogP contribution in [-0.4, -0.2) is 69.0 Å². The lowest BCUT2D eigenvalue weighted by Gasteiger charge is -2.37. The monoisotopic (exact) mass is 475 g/mol. The lowest BCUT2D eigenvalue weighted by atomic mass is 9.98. The molecule has 3 heterocycles. The van der Waals surface area contributed by atoms with Crippen molar-refractivity contribution in [3.8, 4) is 0 Å². The van der Waals surface area contributed by atoms with Crippen LogP contribution in [0.2, 0.25) is 0 Å². The van der Waals surface area contributed by atoms with E-state index in [0.29, 0.717) is 30.4 Å². The van der Waals surface area contributed by atoms with Gasteiger partial charge in [0.25, 0.3) is 0 Å². The molecule has 3 rings (SSSR count). The zero-order chi connectivity index (χ0) is 23.8. The Hall–Kier alpha value is -2.12. The SMILES string of the molecule is C=C/C(=C\C=C1/CN(C)C2=C1CN(C1CCS(=O)(=O)CC1)CC2)NC/C(=C/C=C/F)CCC. The van der Waals surface area contributed by atoms with Crippen molar-refractivity contribution < 1.29 is 12.8 Å². The van der Waals surface area contributed by atoms with Crippen LogP contribution in [0.5, 0.6) is 0 Å². The number of allylic oxidation sites excluding steroid dienone is 5. The lowest BCUT2D eigenvalue weighted by Crippen LogP contribution is -2.44. The van der Waals surface area contributed by atoms with Gasteiger partial charge in [-0.1, -0.05) is 37.6 Å². The Morgan fingerprint density at radius 2 is 2.00 bits per heavy atom. The minimum atomic E-state index is -2.84. The minimum Gasteiger partial charge on any atom is -0.381 e.